The van der Waals surface area contributed by atoms with Crippen LogP contribution in [0.4, 0.5) is 0 Å². The molecule has 0 radical (unpaired) electrons. The minimum Gasteiger partial charge on any atom is -0.479 e. The van der Waals surface area contributed by atoms with E-state index in [2.05, 4.69) is 0 Å². The van der Waals surface area contributed by atoms with E-state index < -0.39 is 12.1 Å². The van der Waals surface area contributed by atoms with E-state index in [4.69, 9.17) is 19.3 Å². The Hall–Kier alpha value is -1.43. The first-order valence-electron chi connectivity index (χ1n) is 6.21. The molecular formula is C14H20O5. The van der Waals surface area contributed by atoms with Gasteiger partial charge in [0.05, 0.1) is 19.8 Å². The molecule has 0 saturated carbocycles. The molecule has 0 amide bonds. The molecule has 5 heteroatoms. The number of carboxylic acids is 1. The van der Waals surface area contributed by atoms with E-state index in [1.807, 2.05) is 6.07 Å². The van der Waals surface area contributed by atoms with Gasteiger partial charge < -0.3 is 19.3 Å². The Morgan fingerprint density at radius 3 is 2.53 bits per heavy atom. The fourth-order valence-electron chi connectivity index (χ4n) is 1.54. The number of rotatable bonds is 10. The smallest absolute Gasteiger partial charge is 0.337 e. The monoisotopic (exact) mass is 268 g/mol. The molecule has 1 atom stereocenters. The van der Waals surface area contributed by atoms with E-state index in [1.165, 1.54) is 0 Å². The average molecular weight is 268 g/mol. The van der Waals surface area contributed by atoms with Gasteiger partial charge in [-0.3, -0.25) is 0 Å². The highest BCUT2D eigenvalue weighted by Crippen LogP contribution is 2.17. The van der Waals surface area contributed by atoms with Crippen LogP contribution in [-0.2, 0) is 19.0 Å². The van der Waals surface area contributed by atoms with E-state index in [0.29, 0.717) is 38.4 Å². The molecule has 0 saturated heterocycles. The molecule has 5 nitrogen and oxygen atoms in total. The second kappa shape index (κ2) is 9.49. The lowest BCUT2D eigenvalue weighted by atomic mass is 10.1. The van der Waals surface area contributed by atoms with Crippen LogP contribution in [0.5, 0.6) is 0 Å². The van der Waals surface area contributed by atoms with E-state index in [-0.39, 0.29) is 0 Å². The Balaban J connectivity index is 2.26. The third-order valence-corrected chi connectivity index (χ3v) is 2.48. The summed E-state index contributed by atoms with van der Waals surface area (Å²) in [5, 5.41) is 9.13. The van der Waals surface area contributed by atoms with Crippen molar-refractivity contribution in [2.75, 3.05) is 33.5 Å². The predicted molar refractivity (Wildman–Crippen MR) is 70.1 cm³/mol. The number of carboxylic acid groups (broad SMARTS) is 1. The van der Waals surface area contributed by atoms with Gasteiger partial charge in [-0.15, -0.1) is 0 Å². The standard InChI is InChI=1S/C14H20O5/c1-17-10-11-18-8-5-9-19-13(14(15)16)12-6-3-2-4-7-12/h2-4,6-7,13H,5,8-11H2,1H3,(H,15,16). The molecule has 0 aliphatic carbocycles. The summed E-state index contributed by atoms with van der Waals surface area (Å²) >= 11 is 0. The summed E-state index contributed by atoms with van der Waals surface area (Å²) in [7, 11) is 1.61. The molecular weight excluding hydrogens is 248 g/mol. The number of hydrogen-bond donors (Lipinski definition) is 1. The number of ether oxygens (including phenoxy) is 3. The van der Waals surface area contributed by atoms with Crippen molar-refractivity contribution in [3.05, 3.63) is 35.9 Å². The molecule has 19 heavy (non-hydrogen) atoms. The van der Waals surface area contributed by atoms with Crippen molar-refractivity contribution in [3.8, 4) is 0 Å². The topological polar surface area (TPSA) is 65.0 Å². The Bertz CT molecular complexity index is 352. The lowest BCUT2D eigenvalue weighted by Gasteiger charge is -2.14. The van der Waals surface area contributed by atoms with Gasteiger partial charge in [0.15, 0.2) is 6.10 Å². The minimum atomic E-state index is -0.980. The second-order valence-corrected chi connectivity index (χ2v) is 3.96. The molecule has 0 heterocycles. The summed E-state index contributed by atoms with van der Waals surface area (Å²) in [6.45, 7) is 1.98. The third kappa shape index (κ3) is 6.33. The van der Waals surface area contributed by atoms with E-state index >= 15 is 0 Å². The molecule has 0 spiro atoms. The van der Waals surface area contributed by atoms with Gasteiger partial charge in [0.1, 0.15) is 0 Å². The van der Waals surface area contributed by atoms with Crippen molar-refractivity contribution in [2.45, 2.75) is 12.5 Å². The van der Waals surface area contributed by atoms with Gasteiger partial charge >= 0.3 is 5.97 Å². The summed E-state index contributed by atoms with van der Waals surface area (Å²) in [6.07, 6.45) is -0.263. The van der Waals surface area contributed by atoms with Crippen molar-refractivity contribution in [1.82, 2.24) is 0 Å². The summed E-state index contributed by atoms with van der Waals surface area (Å²) < 4.78 is 15.5. The first-order chi connectivity index (χ1) is 9.25. The lowest BCUT2D eigenvalue weighted by Crippen LogP contribution is -2.16. The number of carbonyl (C=O) groups is 1. The van der Waals surface area contributed by atoms with E-state index in [1.54, 1.807) is 31.4 Å². The Morgan fingerprint density at radius 1 is 1.16 bits per heavy atom. The molecule has 0 aromatic heterocycles. The average Bonchev–Trinajstić information content (AvgIpc) is 2.42. The van der Waals surface area contributed by atoms with Gasteiger partial charge in [-0.05, 0) is 12.0 Å². The van der Waals surface area contributed by atoms with Crippen molar-refractivity contribution in [1.29, 1.82) is 0 Å². The number of aliphatic carboxylic acids is 1. The third-order valence-electron chi connectivity index (χ3n) is 2.48. The number of methoxy groups -OCH3 is 1. The molecule has 0 bridgehead atoms. The summed E-state index contributed by atoms with van der Waals surface area (Å²) in [5.74, 6) is -0.980. The molecule has 1 N–H and O–H groups in total. The highest BCUT2D eigenvalue weighted by molar-refractivity contribution is 5.74. The first-order valence-corrected chi connectivity index (χ1v) is 6.21. The number of hydrogen-bond acceptors (Lipinski definition) is 4. The fraction of sp³-hybridized carbons (Fsp3) is 0.500. The van der Waals surface area contributed by atoms with Crippen LogP contribution >= 0.6 is 0 Å². The van der Waals surface area contributed by atoms with Crippen LogP contribution in [0.2, 0.25) is 0 Å². The summed E-state index contributed by atoms with van der Waals surface area (Å²) in [4.78, 5) is 11.1. The van der Waals surface area contributed by atoms with Crippen molar-refractivity contribution in [2.24, 2.45) is 0 Å². The molecule has 1 unspecified atom stereocenters. The van der Waals surface area contributed by atoms with Gasteiger partial charge in [0.2, 0.25) is 0 Å². The summed E-state index contributed by atoms with van der Waals surface area (Å²) in [5.41, 5.74) is 0.648. The highest BCUT2D eigenvalue weighted by atomic mass is 16.5. The van der Waals surface area contributed by atoms with Crippen molar-refractivity contribution >= 4 is 5.97 Å². The first kappa shape index (κ1) is 15.6. The van der Waals surface area contributed by atoms with Crippen LogP contribution in [0.1, 0.15) is 18.1 Å². The molecule has 1 aromatic carbocycles. The van der Waals surface area contributed by atoms with Gasteiger partial charge in [-0.25, -0.2) is 4.79 Å². The maximum Gasteiger partial charge on any atom is 0.337 e. The number of benzene rings is 1. The van der Waals surface area contributed by atoms with Gasteiger partial charge in [-0.2, -0.15) is 0 Å². The molecule has 106 valence electrons. The van der Waals surface area contributed by atoms with Crippen molar-refractivity contribution in [3.63, 3.8) is 0 Å². The van der Waals surface area contributed by atoms with Crippen LogP contribution < -0.4 is 0 Å². The predicted octanol–water partition coefficient (Wildman–Crippen LogP) is 1.88. The van der Waals surface area contributed by atoms with E-state index in [9.17, 15) is 4.79 Å². The zero-order chi connectivity index (χ0) is 13.9. The minimum absolute atomic E-state index is 0.346. The molecule has 0 aliphatic rings. The Morgan fingerprint density at radius 2 is 1.89 bits per heavy atom. The summed E-state index contributed by atoms with van der Waals surface area (Å²) in [6, 6.07) is 8.92. The molecule has 0 aliphatic heterocycles. The Labute approximate surface area is 113 Å². The zero-order valence-electron chi connectivity index (χ0n) is 11.1. The highest BCUT2D eigenvalue weighted by Gasteiger charge is 2.19. The lowest BCUT2D eigenvalue weighted by molar-refractivity contribution is -0.151. The van der Waals surface area contributed by atoms with Gasteiger partial charge in [0, 0.05) is 13.7 Å². The van der Waals surface area contributed by atoms with Crippen LogP contribution in [0.25, 0.3) is 0 Å². The van der Waals surface area contributed by atoms with Gasteiger partial charge in [0.25, 0.3) is 0 Å². The quantitative estimate of drug-likeness (QED) is 0.656. The normalized spacial score (nSPS) is 12.3. The second-order valence-electron chi connectivity index (χ2n) is 3.96. The van der Waals surface area contributed by atoms with Crippen molar-refractivity contribution < 1.29 is 24.1 Å². The SMILES string of the molecule is COCCOCCCOC(C(=O)O)c1ccccc1. The van der Waals surface area contributed by atoms with Crippen LogP contribution in [0, 0.1) is 0 Å². The van der Waals surface area contributed by atoms with E-state index in [0.717, 1.165) is 0 Å². The molecule has 1 aromatic rings. The zero-order valence-corrected chi connectivity index (χ0v) is 11.1. The fourth-order valence-corrected chi connectivity index (χ4v) is 1.54. The van der Waals surface area contributed by atoms with Crippen LogP contribution in [-0.4, -0.2) is 44.6 Å². The molecule has 0 fully saturated rings. The Kier molecular flexibility index (Phi) is 7.81. The largest absolute Gasteiger partial charge is 0.479 e. The van der Waals surface area contributed by atoms with Crippen LogP contribution in [0.15, 0.2) is 30.3 Å². The van der Waals surface area contributed by atoms with Crippen LogP contribution in [0.3, 0.4) is 0 Å². The maximum absolute atomic E-state index is 11.1. The maximum atomic E-state index is 11.1. The molecule has 1 rings (SSSR count). The van der Waals surface area contributed by atoms with Gasteiger partial charge in [-0.1, -0.05) is 30.3 Å².